The molecule has 3 atom stereocenters. The molecule has 172 valence electrons. The zero-order valence-corrected chi connectivity index (χ0v) is 19.8. The van der Waals surface area contributed by atoms with E-state index in [1.807, 2.05) is 6.07 Å². The summed E-state index contributed by atoms with van der Waals surface area (Å²) in [6.45, 7) is 3.40. The van der Waals surface area contributed by atoms with Gasteiger partial charge in [0.25, 0.3) is 0 Å². The van der Waals surface area contributed by atoms with Crippen LogP contribution in [0.5, 0.6) is 0 Å². The topological polar surface area (TPSA) is 102 Å². The molecular formula is C23H29BrN4O4. The van der Waals surface area contributed by atoms with Gasteiger partial charge in [0.1, 0.15) is 17.9 Å². The van der Waals surface area contributed by atoms with E-state index in [0.29, 0.717) is 25.6 Å². The molecular weight excluding hydrogens is 476 g/mol. The van der Waals surface area contributed by atoms with Crippen LogP contribution in [0.4, 0.5) is 4.79 Å². The minimum Gasteiger partial charge on any atom is -0.601 e. The molecule has 2 fully saturated rings. The van der Waals surface area contributed by atoms with Crippen LogP contribution in [-0.2, 0) is 17.6 Å². The maximum atomic E-state index is 14.0. The second-order valence-electron chi connectivity index (χ2n) is 9.16. The number of aromatic amines is 1. The molecule has 1 aromatic carbocycles. The van der Waals surface area contributed by atoms with Crippen molar-refractivity contribution < 1.29 is 19.4 Å². The third-order valence-corrected chi connectivity index (χ3v) is 7.95. The fourth-order valence-corrected chi connectivity index (χ4v) is 6.05. The van der Waals surface area contributed by atoms with Crippen LogP contribution in [0.1, 0.15) is 55.7 Å². The number of aromatic nitrogens is 2. The Labute approximate surface area is 195 Å². The molecule has 32 heavy (non-hydrogen) atoms. The molecule has 8 nitrogen and oxygen atoms in total. The SMILES string of the molecule is CC(C1CCOCC1)[N+]([O-])(C(=O)O)N1CCCC1c1nc2c([nH]1)-c1ccc(Br)cc1CC2. The predicted octanol–water partition coefficient (Wildman–Crippen LogP) is 4.80. The smallest absolute Gasteiger partial charge is 0.534 e. The number of imidazole rings is 1. The van der Waals surface area contributed by atoms with Crippen molar-refractivity contribution in [3.05, 3.63) is 45.0 Å². The molecule has 2 N–H and O–H groups in total. The lowest BCUT2D eigenvalue weighted by Crippen LogP contribution is -2.65. The fourth-order valence-electron chi connectivity index (χ4n) is 5.64. The number of carbonyl (C=O) groups is 1. The highest BCUT2D eigenvalue weighted by molar-refractivity contribution is 9.10. The van der Waals surface area contributed by atoms with Crippen LogP contribution >= 0.6 is 15.9 Å². The van der Waals surface area contributed by atoms with Gasteiger partial charge in [0.2, 0.25) is 0 Å². The van der Waals surface area contributed by atoms with E-state index in [4.69, 9.17) is 9.72 Å². The Hall–Kier alpha value is -1.78. The number of nitrogens with zero attached hydrogens (tertiary/aromatic N) is 3. The quantitative estimate of drug-likeness (QED) is 0.458. The number of quaternary nitrogens is 1. The third kappa shape index (κ3) is 3.60. The summed E-state index contributed by atoms with van der Waals surface area (Å²) < 4.78 is 5.14. The Balaban J connectivity index is 1.48. The normalized spacial score (nSPS) is 24.5. The van der Waals surface area contributed by atoms with Crippen LogP contribution in [0.25, 0.3) is 11.3 Å². The van der Waals surface area contributed by atoms with Gasteiger partial charge in [-0.15, -0.1) is 5.01 Å². The molecule has 0 spiro atoms. The lowest BCUT2D eigenvalue weighted by Gasteiger charge is -2.50. The summed E-state index contributed by atoms with van der Waals surface area (Å²) in [6.07, 6.45) is 3.33. The Morgan fingerprint density at radius 2 is 2.12 bits per heavy atom. The second kappa shape index (κ2) is 8.53. The van der Waals surface area contributed by atoms with Crippen molar-refractivity contribution >= 4 is 22.0 Å². The molecule has 0 bridgehead atoms. The number of halogens is 1. The molecule has 3 unspecified atom stereocenters. The van der Waals surface area contributed by atoms with Crippen molar-refractivity contribution in [3.63, 3.8) is 0 Å². The van der Waals surface area contributed by atoms with Gasteiger partial charge in [0, 0.05) is 35.7 Å². The van der Waals surface area contributed by atoms with Crippen LogP contribution < -0.4 is 0 Å². The Morgan fingerprint density at radius 3 is 2.88 bits per heavy atom. The number of hydroxylamine groups is 2. The number of nitrogens with one attached hydrogen (secondary N) is 1. The van der Waals surface area contributed by atoms with E-state index in [2.05, 4.69) is 33.0 Å². The van der Waals surface area contributed by atoms with Gasteiger partial charge in [0.05, 0.1) is 11.4 Å². The van der Waals surface area contributed by atoms with E-state index in [-0.39, 0.29) is 12.0 Å². The average Bonchev–Trinajstić information content (AvgIpc) is 3.45. The zero-order valence-electron chi connectivity index (χ0n) is 18.2. The van der Waals surface area contributed by atoms with Gasteiger partial charge in [0.15, 0.2) is 0 Å². The van der Waals surface area contributed by atoms with Crippen molar-refractivity contribution in [2.45, 2.75) is 57.5 Å². The molecule has 2 saturated heterocycles. The Bertz CT molecular complexity index is 1020. The number of aryl methyl sites for hydroxylation is 2. The molecule has 0 saturated carbocycles. The first kappa shape index (κ1) is 22.0. The fraction of sp³-hybridized carbons (Fsp3) is 0.565. The number of hydrogen-bond donors (Lipinski definition) is 2. The van der Waals surface area contributed by atoms with Gasteiger partial charge >= 0.3 is 6.09 Å². The number of hydrogen-bond acceptors (Lipinski definition) is 5. The minimum atomic E-state index is -1.34. The standard InChI is InChI=1S/C23H29BrN4O4/c1-14(15-8-11-32-12-9-15)28(31,23(29)30)27-10-2-3-20(27)22-25-19-7-4-16-13-17(24)5-6-18(16)21(19)26-22/h5-6,13-15,20H,2-4,7-12H2,1H3,(H,25,26)(H,29,30). The molecule has 1 amide bonds. The molecule has 2 aliphatic heterocycles. The zero-order chi connectivity index (χ0) is 22.5. The van der Waals surface area contributed by atoms with Crippen LogP contribution in [0.15, 0.2) is 22.7 Å². The number of H-pyrrole nitrogens is 1. The largest absolute Gasteiger partial charge is 0.601 e. The van der Waals surface area contributed by atoms with E-state index in [0.717, 1.165) is 59.9 Å². The van der Waals surface area contributed by atoms with Crippen molar-refractivity contribution in [1.82, 2.24) is 15.0 Å². The first-order chi connectivity index (χ1) is 15.4. The number of fused-ring (bicyclic) bond motifs is 3. The van der Waals surface area contributed by atoms with E-state index < -0.39 is 16.9 Å². The summed E-state index contributed by atoms with van der Waals surface area (Å²) >= 11 is 3.55. The first-order valence-electron chi connectivity index (χ1n) is 11.4. The average molecular weight is 505 g/mol. The van der Waals surface area contributed by atoms with Gasteiger partial charge in [-0.1, -0.05) is 22.0 Å². The van der Waals surface area contributed by atoms with Crippen LogP contribution in [0, 0.1) is 11.1 Å². The van der Waals surface area contributed by atoms with E-state index in [1.165, 1.54) is 5.56 Å². The molecule has 2 aromatic rings. The highest BCUT2D eigenvalue weighted by Crippen LogP contribution is 2.41. The number of carboxylic acid groups (broad SMARTS) is 1. The van der Waals surface area contributed by atoms with Crippen molar-refractivity contribution in [2.24, 2.45) is 5.92 Å². The monoisotopic (exact) mass is 504 g/mol. The van der Waals surface area contributed by atoms with Crippen LogP contribution in [0.2, 0.25) is 0 Å². The molecule has 1 aliphatic carbocycles. The summed E-state index contributed by atoms with van der Waals surface area (Å²) in [5, 5.41) is 25.8. The Kier molecular flexibility index (Phi) is 5.88. The highest BCUT2D eigenvalue weighted by Gasteiger charge is 2.50. The van der Waals surface area contributed by atoms with Crippen molar-refractivity contribution in [1.29, 1.82) is 0 Å². The molecule has 3 aliphatic rings. The third-order valence-electron chi connectivity index (χ3n) is 7.46. The van der Waals surface area contributed by atoms with Gasteiger partial charge in [-0.25, -0.2) is 4.98 Å². The Morgan fingerprint density at radius 1 is 1.34 bits per heavy atom. The summed E-state index contributed by atoms with van der Waals surface area (Å²) in [7, 11) is 0. The van der Waals surface area contributed by atoms with Gasteiger partial charge in [-0.05, 0) is 63.1 Å². The number of ether oxygens (including phenoxy) is 1. The number of benzene rings is 1. The van der Waals surface area contributed by atoms with Crippen LogP contribution in [0.3, 0.4) is 0 Å². The second-order valence-corrected chi connectivity index (χ2v) is 10.1. The first-order valence-corrected chi connectivity index (χ1v) is 12.2. The molecule has 9 heteroatoms. The van der Waals surface area contributed by atoms with E-state index in [1.54, 1.807) is 11.9 Å². The van der Waals surface area contributed by atoms with E-state index in [9.17, 15) is 15.1 Å². The summed E-state index contributed by atoms with van der Waals surface area (Å²) in [5.41, 5.74) is 4.39. The lowest BCUT2D eigenvalue weighted by molar-refractivity contribution is -0.956. The summed E-state index contributed by atoms with van der Waals surface area (Å²) in [5.74, 6) is 0.732. The minimum absolute atomic E-state index is 0.0220. The summed E-state index contributed by atoms with van der Waals surface area (Å²) in [4.78, 5) is 20.8. The summed E-state index contributed by atoms with van der Waals surface area (Å²) in [6, 6.07) is 5.33. The molecule has 0 radical (unpaired) electrons. The maximum Gasteiger partial charge on any atom is 0.534 e. The van der Waals surface area contributed by atoms with Gasteiger partial charge in [-0.2, -0.15) is 9.55 Å². The number of amides is 1. The maximum absolute atomic E-state index is 14.0. The lowest BCUT2D eigenvalue weighted by atomic mass is 9.92. The van der Waals surface area contributed by atoms with Crippen molar-refractivity contribution in [2.75, 3.05) is 19.8 Å². The number of rotatable bonds is 4. The van der Waals surface area contributed by atoms with Gasteiger partial charge < -0.3 is 20.0 Å². The molecule has 5 rings (SSSR count). The van der Waals surface area contributed by atoms with Crippen LogP contribution in [-0.4, -0.2) is 56.7 Å². The molecule has 3 heterocycles. The molecule has 1 aromatic heterocycles. The van der Waals surface area contributed by atoms with Crippen molar-refractivity contribution in [3.8, 4) is 11.3 Å². The highest BCUT2D eigenvalue weighted by atomic mass is 79.9. The van der Waals surface area contributed by atoms with E-state index >= 15 is 0 Å². The predicted molar refractivity (Wildman–Crippen MR) is 122 cm³/mol. The van der Waals surface area contributed by atoms with Gasteiger partial charge in [-0.3, -0.25) is 0 Å².